The van der Waals surface area contributed by atoms with Crippen molar-refractivity contribution in [3.8, 4) is 5.75 Å². The van der Waals surface area contributed by atoms with Gasteiger partial charge in [0.2, 0.25) is 0 Å². The maximum absolute atomic E-state index is 12.0. The zero-order valence-corrected chi connectivity index (χ0v) is 19.4. The Morgan fingerprint density at radius 3 is 2.45 bits per heavy atom. The van der Waals surface area contributed by atoms with Gasteiger partial charge in [-0.15, -0.1) is 24.0 Å². The van der Waals surface area contributed by atoms with Gasteiger partial charge in [0, 0.05) is 37.7 Å². The number of aromatic hydroxyl groups is 1. The highest BCUT2D eigenvalue weighted by molar-refractivity contribution is 14.0. The number of nitrogens with zero attached hydrogens (tertiary/aromatic N) is 1. The largest absolute Gasteiger partial charge is 0.508 e. The minimum Gasteiger partial charge on any atom is -0.508 e. The van der Waals surface area contributed by atoms with E-state index in [4.69, 9.17) is 0 Å². The summed E-state index contributed by atoms with van der Waals surface area (Å²) < 4.78 is 0. The second-order valence-electron chi connectivity index (χ2n) is 6.62. The van der Waals surface area contributed by atoms with Crippen LogP contribution < -0.4 is 16.0 Å². The molecule has 6 nitrogen and oxygen atoms in total. The van der Waals surface area contributed by atoms with Gasteiger partial charge in [0.15, 0.2) is 5.96 Å². The molecule has 2 aromatic carbocycles. The number of benzene rings is 2. The maximum atomic E-state index is 12.0. The number of phenols is 1. The number of carbonyl (C=O) groups is 1. The highest BCUT2D eigenvalue weighted by Gasteiger charge is 2.06. The molecule has 0 aliphatic carbocycles. The Kier molecular flexibility index (Phi) is 11.8. The standard InChI is InChI=1S/C22H30N4O2.HI/c1-3-23-22(26-16-17(2)18-9-5-4-6-10-18)25-14-8-13-24-21(28)19-11-7-12-20(27)15-19;/h4-7,9-12,15,17,27H,3,8,13-14,16H2,1-2H3,(H,24,28)(H2,23,25,26);1H. The molecule has 0 aromatic heterocycles. The summed E-state index contributed by atoms with van der Waals surface area (Å²) in [6.07, 6.45) is 0.767. The van der Waals surface area contributed by atoms with Crippen LogP contribution in [-0.2, 0) is 0 Å². The van der Waals surface area contributed by atoms with Crippen molar-refractivity contribution in [2.45, 2.75) is 26.2 Å². The van der Waals surface area contributed by atoms with Crippen LogP contribution in [0.4, 0.5) is 0 Å². The number of rotatable bonds is 9. The Bertz CT molecular complexity index is 768. The molecule has 2 rings (SSSR count). The van der Waals surface area contributed by atoms with E-state index in [-0.39, 0.29) is 35.6 Å². The van der Waals surface area contributed by atoms with Crippen molar-refractivity contribution in [1.82, 2.24) is 16.0 Å². The summed E-state index contributed by atoms with van der Waals surface area (Å²) in [5, 5.41) is 18.8. The van der Waals surface area contributed by atoms with Gasteiger partial charge in [-0.2, -0.15) is 0 Å². The average Bonchev–Trinajstić information content (AvgIpc) is 2.72. The molecule has 0 heterocycles. The number of carbonyl (C=O) groups excluding carboxylic acids is 1. The molecule has 0 spiro atoms. The Labute approximate surface area is 190 Å². The topological polar surface area (TPSA) is 85.8 Å². The highest BCUT2D eigenvalue weighted by atomic mass is 127. The summed E-state index contributed by atoms with van der Waals surface area (Å²) in [5.41, 5.74) is 1.73. The lowest BCUT2D eigenvalue weighted by atomic mass is 10.0. The van der Waals surface area contributed by atoms with Crippen molar-refractivity contribution < 1.29 is 9.90 Å². The van der Waals surface area contributed by atoms with E-state index in [1.807, 2.05) is 25.1 Å². The summed E-state index contributed by atoms with van der Waals surface area (Å²) in [5.74, 6) is 1.03. The third kappa shape index (κ3) is 9.17. The number of aliphatic imine (C=N–C) groups is 1. The van der Waals surface area contributed by atoms with Gasteiger partial charge in [-0.05, 0) is 37.1 Å². The Hall–Kier alpha value is -2.29. The molecule has 0 saturated heterocycles. The molecular weight excluding hydrogens is 479 g/mol. The molecule has 29 heavy (non-hydrogen) atoms. The number of hydrogen-bond donors (Lipinski definition) is 4. The first-order valence-corrected chi connectivity index (χ1v) is 9.74. The Morgan fingerprint density at radius 2 is 1.76 bits per heavy atom. The van der Waals surface area contributed by atoms with Gasteiger partial charge in [0.25, 0.3) is 5.91 Å². The molecule has 1 unspecified atom stereocenters. The first kappa shape index (κ1) is 24.7. The predicted octanol–water partition coefficient (Wildman–Crippen LogP) is 3.49. The van der Waals surface area contributed by atoms with E-state index in [1.54, 1.807) is 18.2 Å². The molecule has 0 radical (unpaired) electrons. The number of halogens is 1. The first-order valence-electron chi connectivity index (χ1n) is 9.74. The molecule has 1 amide bonds. The van der Waals surface area contributed by atoms with Gasteiger partial charge in [-0.25, -0.2) is 0 Å². The zero-order chi connectivity index (χ0) is 20.2. The second kappa shape index (κ2) is 13.8. The SMILES string of the molecule is CCNC(=NCC(C)c1ccccc1)NCCCNC(=O)c1cccc(O)c1.I. The molecule has 7 heteroatoms. The van der Waals surface area contributed by atoms with E-state index in [2.05, 4.69) is 40.0 Å². The van der Waals surface area contributed by atoms with Crippen LogP contribution in [0.25, 0.3) is 0 Å². The van der Waals surface area contributed by atoms with E-state index in [1.165, 1.54) is 11.6 Å². The lowest BCUT2D eigenvalue weighted by Gasteiger charge is -2.14. The van der Waals surface area contributed by atoms with E-state index < -0.39 is 0 Å². The fourth-order valence-electron chi connectivity index (χ4n) is 2.70. The summed E-state index contributed by atoms with van der Waals surface area (Å²) >= 11 is 0. The molecule has 4 N–H and O–H groups in total. The van der Waals surface area contributed by atoms with Crippen molar-refractivity contribution in [3.63, 3.8) is 0 Å². The smallest absolute Gasteiger partial charge is 0.251 e. The zero-order valence-electron chi connectivity index (χ0n) is 17.0. The molecular formula is C22H31IN4O2. The number of amides is 1. The van der Waals surface area contributed by atoms with Gasteiger partial charge in [-0.1, -0.05) is 43.3 Å². The normalized spacial score (nSPS) is 11.9. The van der Waals surface area contributed by atoms with Gasteiger partial charge in [0.1, 0.15) is 5.75 Å². The van der Waals surface area contributed by atoms with Crippen LogP contribution in [0.1, 0.15) is 42.1 Å². The second-order valence-corrected chi connectivity index (χ2v) is 6.62. The molecule has 0 aliphatic rings. The fourth-order valence-corrected chi connectivity index (χ4v) is 2.70. The van der Waals surface area contributed by atoms with Crippen LogP contribution in [0.3, 0.4) is 0 Å². The monoisotopic (exact) mass is 510 g/mol. The molecule has 2 aromatic rings. The minimum atomic E-state index is -0.187. The third-order valence-electron chi connectivity index (χ3n) is 4.28. The van der Waals surface area contributed by atoms with Crippen LogP contribution in [0.2, 0.25) is 0 Å². The van der Waals surface area contributed by atoms with E-state index in [0.717, 1.165) is 18.9 Å². The summed E-state index contributed by atoms with van der Waals surface area (Å²) in [6.45, 7) is 6.94. The van der Waals surface area contributed by atoms with E-state index >= 15 is 0 Å². The third-order valence-corrected chi connectivity index (χ3v) is 4.28. The lowest BCUT2D eigenvalue weighted by Crippen LogP contribution is -2.39. The Balaban J connectivity index is 0.00000420. The van der Waals surface area contributed by atoms with Crippen molar-refractivity contribution in [2.75, 3.05) is 26.2 Å². The first-order chi connectivity index (χ1) is 13.6. The number of guanidine groups is 1. The molecule has 1 atom stereocenters. The molecule has 158 valence electrons. The van der Waals surface area contributed by atoms with Crippen molar-refractivity contribution in [1.29, 1.82) is 0 Å². The summed E-state index contributed by atoms with van der Waals surface area (Å²) in [4.78, 5) is 16.7. The molecule has 0 bridgehead atoms. The summed E-state index contributed by atoms with van der Waals surface area (Å²) in [6, 6.07) is 16.7. The quantitative estimate of drug-likeness (QED) is 0.180. The van der Waals surface area contributed by atoms with Crippen LogP contribution >= 0.6 is 24.0 Å². The highest BCUT2D eigenvalue weighted by Crippen LogP contribution is 2.14. The van der Waals surface area contributed by atoms with Crippen LogP contribution in [-0.4, -0.2) is 43.2 Å². The lowest BCUT2D eigenvalue weighted by molar-refractivity contribution is 0.0953. The molecule has 0 saturated carbocycles. The average molecular weight is 510 g/mol. The van der Waals surface area contributed by atoms with Gasteiger partial charge in [0.05, 0.1) is 0 Å². The van der Waals surface area contributed by atoms with E-state index in [9.17, 15) is 9.90 Å². The van der Waals surface area contributed by atoms with Crippen molar-refractivity contribution in [3.05, 3.63) is 65.7 Å². The minimum absolute atomic E-state index is 0. The van der Waals surface area contributed by atoms with Crippen molar-refractivity contribution >= 4 is 35.8 Å². The van der Waals surface area contributed by atoms with Gasteiger partial charge in [-0.3, -0.25) is 9.79 Å². The molecule has 0 aliphatic heterocycles. The summed E-state index contributed by atoms with van der Waals surface area (Å²) in [7, 11) is 0. The number of hydrogen-bond acceptors (Lipinski definition) is 3. The van der Waals surface area contributed by atoms with Crippen LogP contribution in [0.15, 0.2) is 59.6 Å². The number of nitrogens with one attached hydrogen (secondary N) is 3. The maximum Gasteiger partial charge on any atom is 0.251 e. The molecule has 0 fully saturated rings. The van der Waals surface area contributed by atoms with Crippen molar-refractivity contribution in [2.24, 2.45) is 4.99 Å². The Morgan fingerprint density at radius 1 is 1.03 bits per heavy atom. The van der Waals surface area contributed by atoms with Gasteiger partial charge < -0.3 is 21.1 Å². The van der Waals surface area contributed by atoms with Crippen LogP contribution in [0, 0.1) is 0 Å². The fraction of sp³-hybridized carbons (Fsp3) is 0.364. The number of phenolic OH excluding ortho intramolecular Hbond substituents is 1. The van der Waals surface area contributed by atoms with Gasteiger partial charge >= 0.3 is 0 Å². The van der Waals surface area contributed by atoms with E-state index in [0.29, 0.717) is 31.1 Å². The predicted molar refractivity (Wildman–Crippen MR) is 129 cm³/mol. The van der Waals surface area contributed by atoms with Crippen LogP contribution in [0.5, 0.6) is 5.75 Å².